The van der Waals surface area contributed by atoms with Crippen LogP contribution in [0.3, 0.4) is 0 Å². The fourth-order valence-corrected chi connectivity index (χ4v) is 1.83. The molecule has 0 saturated heterocycles. The van der Waals surface area contributed by atoms with E-state index < -0.39 is 5.82 Å². The van der Waals surface area contributed by atoms with Gasteiger partial charge in [0.15, 0.2) is 5.82 Å². The van der Waals surface area contributed by atoms with Gasteiger partial charge in [-0.15, -0.1) is 0 Å². The van der Waals surface area contributed by atoms with Gasteiger partial charge in [0.2, 0.25) is 0 Å². The molecule has 2 aromatic carbocycles. The van der Waals surface area contributed by atoms with Crippen molar-refractivity contribution >= 4 is 23.5 Å². The van der Waals surface area contributed by atoms with Crippen molar-refractivity contribution in [2.45, 2.75) is 6.92 Å². The lowest BCUT2D eigenvalue weighted by Crippen LogP contribution is -1.98. The van der Waals surface area contributed by atoms with E-state index in [1.54, 1.807) is 12.1 Å². The lowest BCUT2D eigenvalue weighted by Gasteiger charge is -2.07. The van der Waals surface area contributed by atoms with Gasteiger partial charge in [0.25, 0.3) is 0 Å². The molecule has 1 N–H and O–H groups in total. The maximum Gasteiger partial charge on any atom is 0.154 e. The van der Waals surface area contributed by atoms with Crippen LogP contribution in [0, 0.1) is 5.82 Å². The topological polar surface area (TPSA) is 33.6 Å². The van der Waals surface area contributed by atoms with Gasteiger partial charge in [0.05, 0.1) is 18.5 Å². The zero-order valence-corrected chi connectivity index (χ0v) is 11.7. The van der Waals surface area contributed by atoms with Crippen LogP contribution in [-0.4, -0.2) is 12.8 Å². The number of para-hydroxylation sites is 1. The Morgan fingerprint density at radius 1 is 1.25 bits per heavy atom. The summed E-state index contributed by atoms with van der Waals surface area (Å²) in [7, 11) is 0. The standard InChI is InChI=1S/C15H14ClFN2O/c1-2-20-13-9-8-11(15(17)14(13)16)10-18-19-12-6-4-3-5-7-12/h3-10,19H,2H2,1H3. The van der Waals surface area contributed by atoms with Gasteiger partial charge in [-0.25, -0.2) is 4.39 Å². The molecule has 0 amide bonds. The van der Waals surface area contributed by atoms with Crippen molar-refractivity contribution in [2.75, 3.05) is 12.0 Å². The van der Waals surface area contributed by atoms with Gasteiger partial charge in [-0.05, 0) is 31.2 Å². The summed E-state index contributed by atoms with van der Waals surface area (Å²) in [4.78, 5) is 0. The van der Waals surface area contributed by atoms with Crippen molar-refractivity contribution in [2.24, 2.45) is 5.10 Å². The van der Waals surface area contributed by atoms with Crippen LogP contribution < -0.4 is 10.2 Å². The molecule has 20 heavy (non-hydrogen) atoms. The number of anilines is 1. The second kappa shape index (κ2) is 6.91. The number of benzene rings is 2. The molecule has 0 radical (unpaired) electrons. The minimum Gasteiger partial charge on any atom is -0.492 e. The number of hydrogen-bond donors (Lipinski definition) is 1. The summed E-state index contributed by atoms with van der Waals surface area (Å²) in [6.07, 6.45) is 1.38. The normalized spacial score (nSPS) is 10.8. The first-order chi connectivity index (χ1) is 9.72. The Kier molecular flexibility index (Phi) is 4.96. The molecule has 0 aromatic heterocycles. The predicted molar refractivity (Wildman–Crippen MR) is 80.2 cm³/mol. The molecule has 0 unspecified atom stereocenters. The van der Waals surface area contributed by atoms with E-state index in [4.69, 9.17) is 16.3 Å². The van der Waals surface area contributed by atoms with Crippen molar-refractivity contribution in [3.05, 3.63) is 58.9 Å². The fourth-order valence-electron chi connectivity index (χ4n) is 1.60. The van der Waals surface area contributed by atoms with Crippen molar-refractivity contribution in [3.8, 4) is 5.75 Å². The highest BCUT2D eigenvalue weighted by atomic mass is 35.5. The second-order valence-corrected chi connectivity index (χ2v) is 4.33. The van der Waals surface area contributed by atoms with Gasteiger partial charge in [-0.2, -0.15) is 5.10 Å². The maximum atomic E-state index is 14.0. The average molecular weight is 293 g/mol. The smallest absolute Gasteiger partial charge is 0.154 e. The molecule has 2 rings (SSSR count). The Labute approximate surface area is 122 Å². The Hall–Kier alpha value is -2.07. The number of nitrogens with one attached hydrogen (secondary N) is 1. The van der Waals surface area contributed by atoms with Gasteiger partial charge in [-0.3, -0.25) is 5.43 Å². The van der Waals surface area contributed by atoms with Crippen LogP contribution in [0.4, 0.5) is 10.1 Å². The largest absolute Gasteiger partial charge is 0.492 e. The van der Waals surface area contributed by atoms with Crippen molar-refractivity contribution in [3.63, 3.8) is 0 Å². The lowest BCUT2D eigenvalue weighted by molar-refractivity contribution is 0.338. The highest BCUT2D eigenvalue weighted by Crippen LogP contribution is 2.28. The predicted octanol–water partition coefficient (Wildman–Crippen LogP) is 4.32. The van der Waals surface area contributed by atoms with Crippen molar-refractivity contribution in [1.29, 1.82) is 0 Å². The monoisotopic (exact) mass is 292 g/mol. The first-order valence-corrected chi connectivity index (χ1v) is 6.55. The maximum absolute atomic E-state index is 14.0. The summed E-state index contributed by atoms with van der Waals surface area (Å²) in [5.74, 6) is -0.212. The molecule has 0 aliphatic carbocycles. The molecule has 0 aliphatic heterocycles. The molecule has 0 heterocycles. The number of rotatable bonds is 5. The highest BCUT2D eigenvalue weighted by molar-refractivity contribution is 6.32. The summed E-state index contributed by atoms with van der Waals surface area (Å²) in [5, 5.41) is 3.94. The molecule has 0 spiro atoms. The number of halogens is 2. The van der Waals surface area contributed by atoms with Gasteiger partial charge < -0.3 is 4.74 Å². The third-order valence-electron chi connectivity index (χ3n) is 2.55. The third-order valence-corrected chi connectivity index (χ3v) is 2.90. The van der Waals surface area contributed by atoms with E-state index >= 15 is 0 Å². The van der Waals surface area contributed by atoms with E-state index in [2.05, 4.69) is 10.5 Å². The molecule has 0 aliphatic rings. The van der Waals surface area contributed by atoms with Crippen molar-refractivity contribution < 1.29 is 9.13 Å². The van der Waals surface area contributed by atoms with Crippen LogP contribution in [0.1, 0.15) is 12.5 Å². The van der Waals surface area contributed by atoms with Crippen LogP contribution in [0.25, 0.3) is 0 Å². The number of hydrogen-bond acceptors (Lipinski definition) is 3. The van der Waals surface area contributed by atoms with Gasteiger partial charge in [0, 0.05) is 5.56 Å². The molecule has 0 fully saturated rings. The molecule has 2 aromatic rings. The molecule has 104 valence electrons. The lowest BCUT2D eigenvalue weighted by atomic mass is 10.2. The van der Waals surface area contributed by atoms with Gasteiger partial charge in [0.1, 0.15) is 10.8 Å². The first kappa shape index (κ1) is 14.3. The molecule has 0 bridgehead atoms. The third kappa shape index (κ3) is 3.48. The first-order valence-electron chi connectivity index (χ1n) is 6.17. The summed E-state index contributed by atoms with van der Waals surface area (Å²) < 4.78 is 19.2. The Morgan fingerprint density at radius 2 is 2.00 bits per heavy atom. The molecule has 3 nitrogen and oxygen atoms in total. The summed E-state index contributed by atoms with van der Waals surface area (Å²) >= 11 is 5.89. The highest BCUT2D eigenvalue weighted by Gasteiger charge is 2.11. The zero-order chi connectivity index (χ0) is 14.4. The molecule has 0 atom stereocenters. The minimum atomic E-state index is -0.545. The quantitative estimate of drug-likeness (QED) is 0.657. The molecule has 5 heteroatoms. The SMILES string of the molecule is CCOc1ccc(C=NNc2ccccc2)c(F)c1Cl. The Bertz CT molecular complexity index is 602. The van der Waals surface area contributed by atoms with Crippen molar-refractivity contribution in [1.82, 2.24) is 0 Å². The number of nitrogens with zero attached hydrogens (tertiary/aromatic N) is 1. The van der Waals surface area contributed by atoms with E-state index in [0.29, 0.717) is 17.9 Å². The Balaban J connectivity index is 2.12. The fraction of sp³-hybridized carbons (Fsp3) is 0.133. The van der Waals surface area contributed by atoms with E-state index in [1.165, 1.54) is 6.21 Å². The van der Waals surface area contributed by atoms with Crippen LogP contribution in [-0.2, 0) is 0 Å². The van der Waals surface area contributed by atoms with Crippen LogP contribution in [0.15, 0.2) is 47.6 Å². The average Bonchev–Trinajstić information content (AvgIpc) is 2.48. The molecular weight excluding hydrogens is 279 g/mol. The van der Waals surface area contributed by atoms with Gasteiger partial charge in [-0.1, -0.05) is 29.8 Å². The van der Waals surface area contributed by atoms with E-state index in [1.807, 2.05) is 37.3 Å². The van der Waals surface area contributed by atoms with E-state index in [9.17, 15) is 4.39 Å². The minimum absolute atomic E-state index is 0.0319. The van der Waals surface area contributed by atoms with E-state index in [0.717, 1.165) is 5.69 Å². The summed E-state index contributed by atoms with van der Waals surface area (Å²) in [5.41, 5.74) is 3.92. The number of ether oxygens (including phenoxy) is 1. The molecule has 0 saturated carbocycles. The Morgan fingerprint density at radius 3 is 2.70 bits per heavy atom. The molecular formula is C15H14ClFN2O. The van der Waals surface area contributed by atoms with Crippen LogP contribution in [0.2, 0.25) is 5.02 Å². The summed E-state index contributed by atoms with van der Waals surface area (Å²) in [6.45, 7) is 2.25. The van der Waals surface area contributed by atoms with Crippen LogP contribution >= 0.6 is 11.6 Å². The second-order valence-electron chi connectivity index (χ2n) is 3.95. The van der Waals surface area contributed by atoms with Gasteiger partial charge >= 0.3 is 0 Å². The summed E-state index contributed by atoms with van der Waals surface area (Å²) in [6, 6.07) is 12.6. The van der Waals surface area contributed by atoms with E-state index in [-0.39, 0.29) is 5.02 Å². The number of hydrazone groups is 1. The zero-order valence-electron chi connectivity index (χ0n) is 10.9. The van der Waals surface area contributed by atoms with Crippen LogP contribution in [0.5, 0.6) is 5.75 Å².